The molecule has 0 aliphatic heterocycles. The number of hydrogen-bond acceptors (Lipinski definition) is 2. The average Bonchev–Trinajstić information content (AvgIpc) is 2.84. The molecule has 0 saturated heterocycles. The molecule has 3 rings (SSSR count). The molecular formula is C11H10N4. The predicted molar refractivity (Wildman–Crippen MR) is 58.3 cm³/mol. The number of hydrogen-bond donors (Lipinski definition) is 1. The van der Waals surface area contributed by atoms with Crippen molar-refractivity contribution >= 4 is 10.9 Å². The van der Waals surface area contributed by atoms with Crippen LogP contribution in [-0.2, 0) is 7.05 Å². The Morgan fingerprint density at radius 3 is 3.07 bits per heavy atom. The highest BCUT2D eigenvalue weighted by atomic mass is 15.2. The van der Waals surface area contributed by atoms with Crippen molar-refractivity contribution < 1.29 is 0 Å². The SMILES string of the molecule is Cn1cc(-c2cc3cc[nH]c3cn2)cn1. The summed E-state index contributed by atoms with van der Waals surface area (Å²) in [7, 11) is 1.90. The Kier molecular flexibility index (Phi) is 1.62. The van der Waals surface area contributed by atoms with E-state index in [-0.39, 0.29) is 0 Å². The monoisotopic (exact) mass is 198 g/mol. The summed E-state index contributed by atoms with van der Waals surface area (Å²) >= 11 is 0. The van der Waals surface area contributed by atoms with E-state index in [1.54, 1.807) is 4.68 Å². The lowest BCUT2D eigenvalue weighted by atomic mass is 10.2. The molecule has 0 spiro atoms. The topological polar surface area (TPSA) is 46.5 Å². The predicted octanol–water partition coefficient (Wildman–Crippen LogP) is 1.96. The van der Waals surface area contributed by atoms with E-state index in [1.807, 2.05) is 37.9 Å². The van der Waals surface area contributed by atoms with Gasteiger partial charge in [-0.3, -0.25) is 9.67 Å². The van der Waals surface area contributed by atoms with Crippen molar-refractivity contribution in [2.45, 2.75) is 0 Å². The summed E-state index contributed by atoms with van der Waals surface area (Å²) in [5, 5.41) is 5.30. The average molecular weight is 198 g/mol. The molecule has 15 heavy (non-hydrogen) atoms. The molecule has 0 saturated carbocycles. The van der Waals surface area contributed by atoms with Gasteiger partial charge in [0.1, 0.15) is 0 Å². The first-order valence-corrected chi connectivity index (χ1v) is 4.75. The lowest BCUT2D eigenvalue weighted by Crippen LogP contribution is -1.84. The second-order valence-electron chi connectivity index (χ2n) is 3.54. The van der Waals surface area contributed by atoms with Crippen LogP contribution in [0, 0.1) is 0 Å². The highest BCUT2D eigenvalue weighted by molar-refractivity contribution is 5.82. The summed E-state index contributed by atoms with van der Waals surface area (Å²) in [4.78, 5) is 7.50. The minimum atomic E-state index is 0.954. The van der Waals surface area contributed by atoms with Crippen molar-refractivity contribution in [2.24, 2.45) is 7.05 Å². The number of nitrogens with one attached hydrogen (secondary N) is 1. The third-order valence-corrected chi connectivity index (χ3v) is 2.44. The molecule has 3 heterocycles. The second-order valence-corrected chi connectivity index (χ2v) is 3.54. The van der Waals surface area contributed by atoms with E-state index in [0.717, 1.165) is 16.8 Å². The molecule has 3 aromatic heterocycles. The van der Waals surface area contributed by atoms with E-state index >= 15 is 0 Å². The van der Waals surface area contributed by atoms with Crippen molar-refractivity contribution in [1.82, 2.24) is 19.7 Å². The zero-order valence-electron chi connectivity index (χ0n) is 8.31. The van der Waals surface area contributed by atoms with Gasteiger partial charge in [-0.05, 0) is 12.1 Å². The minimum Gasteiger partial charge on any atom is -0.360 e. The standard InChI is InChI=1S/C11H10N4/c1-15-7-9(5-14-15)10-4-8-2-3-12-11(8)6-13-10/h2-7,12H,1H3. The molecule has 0 fully saturated rings. The molecule has 4 heteroatoms. The van der Waals surface area contributed by atoms with Gasteiger partial charge >= 0.3 is 0 Å². The summed E-state index contributed by atoms with van der Waals surface area (Å²) in [5.74, 6) is 0. The van der Waals surface area contributed by atoms with Crippen LogP contribution in [0.2, 0.25) is 0 Å². The number of pyridine rings is 1. The Balaban J connectivity index is 2.18. The molecule has 3 aromatic rings. The van der Waals surface area contributed by atoms with E-state index in [4.69, 9.17) is 0 Å². The van der Waals surface area contributed by atoms with Crippen molar-refractivity contribution in [3.8, 4) is 11.3 Å². The van der Waals surface area contributed by atoms with Crippen LogP contribution < -0.4 is 0 Å². The van der Waals surface area contributed by atoms with Gasteiger partial charge < -0.3 is 4.98 Å². The van der Waals surface area contributed by atoms with Gasteiger partial charge in [0.25, 0.3) is 0 Å². The van der Waals surface area contributed by atoms with Crippen LogP contribution in [0.25, 0.3) is 22.2 Å². The molecule has 1 N–H and O–H groups in total. The van der Waals surface area contributed by atoms with E-state index < -0.39 is 0 Å². The van der Waals surface area contributed by atoms with Crippen LogP contribution in [-0.4, -0.2) is 19.7 Å². The lowest BCUT2D eigenvalue weighted by Gasteiger charge is -1.95. The largest absolute Gasteiger partial charge is 0.360 e. The normalized spacial score (nSPS) is 11.0. The molecule has 0 aliphatic rings. The van der Waals surface area contributed by atoms with Gasteiger partial charge in [-0.25, -0.2) is 0 Å². The van der Waals surface area contributed by atoms with E-state index in [0.29, 0.717) is 0 Å². The molecule has 0 aliphatic carbocycles. The van der Waals surface area contributed by atoms with Gasteiger partial charge in [-0.15, -0.1) is 0 Å². The maximum Gasteiger partial charge on any atom is 0.0741 e. The number of rotatable bonds is 1. The molecule has 74 valence electrons. The lowest BCUT2D eigenvalue weighted by molar-refractivity contribution is 0.768. The van der Waals surface area contributed by atoms with E-state index in [9.17, 15) is 0 Å². The smallest absolute Gasteiger partial charge is 0.0741 e. The Bertz CT molecular complexity index is 606. The number of H-pyrrole nitrogens is 1. The molecule has 0 unspecified atom stereocenters. The van der Waals surface area contributed by atoms with Gasteiger partial charge in [-0.2, -0.15) is 5.10 Å². The molecule has 0 amide bonds. The second kappa shape index (κ2) is 2.95. The number of fused-ring (bicyclic) bond motifs is 1. The van der Waals surface area contributed by atoms with Gasteiger partial charge in [0.2, 0.25) is 0 Å². The van der Waals surface area contributed by atoms with Gasteiger partial charge in [0.15, 0.2) is 0 Å². The summed E-state index contributed by atoms with van der Waals surface area (Å²) in [6.07, 6.45) is 7.54. The summed E-state index contributed by atoms with van der Waals surface area (Å²) in [5.41, 5.74) is 3.05. The highest BCUT2D eigenvalue weighted by Gasteiger charge is 2.03. The van der Waals surface area contributed by atoms with Crippen molar-refractivity contribution in [2.75, 3.05) is 0 Å². The molecule has 0 atom stereocenters. The fraction of sp³-hybridized carbons (Fsp3) is 0.0909. The van der Waals surface area contributed by atoms with Crippen molar-refractivity contribution in [1.29, 1.82) is 0 Å². The summed E-state index contributed by atoms with van der Waals surface area (Å²) in [6, 6.07) is 4.10. The first kappa shape index (κ1) is 8.23. The van der Waals surface area contributed by atoms with Crippen molar-refractivity contribution in [3.63, 3.8) is 0 Å². The van der Waals surface area contributed by atoms with Gasteiger partial charge in [-0.1, -0.05) is 0 Å². The Hall–Kier alpha value is -2.10. The number of aromatic amines is 1. The first-order valence-electron chi connectivity index (χ1n) is 4.75. The third-order valence-electron chi connectivity index (χ3n) is 2.44. The quantitative estimate of drug-likeness (QED) is 0.649. The van der Waals surface area contributed by atoms with Crippen LogP contribution in [0.4, 0.5) is 0 Å². The zero-order chi connectivity index (χ0) is 10.3. The maximum absolute atomic E-state index is 4.38. The number of nitrogens with zero attached hydrogens (tertiary/aromatic N) is 3. The molecule has 0 radical (unpaired) electrons. The van der Waals surface area contributed by atoms with Crippen LogP contribution in [0.5, 0.6) is 0 Å². The highest BCUT2D eigenvalue weighted by Crippen LogP contribution is 2.20. The molecular weight excluding hydrogens is 188 g/mol. The van der Waals surface area contributed by atoms with Crippen LogP contribution in [0.3, 0.4) is 0 Å². The minimum absolute atomic E-state index is 0.954. The molecule has 0 aromatic carbocycles. The fourth-order valence-electron chi connectivity index (χ4n) is 1.66. The van der Waals surface area contributed by atoms with E-state index in [1.165, 1.54) is 5.39 Å². The zero-order valence-corrected chi connectivity index (χ0v) is 8.31. The Morgan fingerprint density at radius 1 is 1.33 bits per heavy atom. The number of aryl methyl sites for hydroxylation is 1. The summed E-state index contributed by atoms with van der Waals surface area (Å²) in [6.45, 7) is 0. The van der Waals surface area contributed by atoms with Gasteiger partial charge in [0, 0.05) is 30.4 Å². The molecule has 0 bridgehead atoms. The summed E-state index contributed by atoms with van der Waals surface area (Å²) < 4.78 is 1.78. The van der Waals surface area contributed by atoms with Crippen LogP contribution >= 0.6 is 0 Å². The number of aromatic nitrogens is 4. The van der Waals surface area contributed by atoms with Gasteiger partial charge in [0.05, 0.1) is 23.6 Å². The van der Waals surface area contributed by atoms with E-state index in [2.05, 4.69) is 21.1 Å². The van der Waals surface area contributed by atoms with Crippen molar-refractivity contribution in [3.05, 3.63) is 36.9 Å². The first-order chi connectivity index (χ1) is 7.33. The van der Waals surface area contributed by atoms with Crippen LogP contribution in [0.15, 0.2) is 36.9 Å². The van der Waals surface area contributed by atoms with Crippen LogP contribution in [0.1, 0.15) is 0 Å². The Morgan fingerprint density at radius 2 is 2.27 bits per heavy atom. The molecule has 4 nitrogen and oxygen atoms in total. The third kappa shape index (κ3) is 1.30. The fourth-order valence-corrected chi connectivity index (χ4v) is 1.66. The maximum atomic E-state index is 4.38. The Labute approximate surface area is 86.6 Å².